The molecule has 4 nitrogen and oxygen atoms in total. The monoisotopic (exact) mass is 248 g/mol. The Morgan fingerprint density at radius 1 is 1.28 bits per heavy atom. The first kappa shape index (κ1) is 12.9. The topological polar surface area (TPSA) is 41.6 Å². The minimum Gasteiger partial charge on any atom is -0.372 e. The van der Waals surface area contributed by atoms with Crippen molar-refractivity contribution in [2.45, 2.75) is 32.6 Å². The highest BCUT2D eigenvalue weighted by Crippen LogP contribution is 2.10. The number of ether oxygens (including phenoxy) is 1. The molecule has 0 radical (unpaired) electrons. The second kappa shape index (κ2) is 5.87. The van der Waals surface area contributed by atoms with Crippen LogP contribution in [-0.4, -0.2) is 36.2 Å². The number of carbonyl (C=O) groups excluding carboxylic acids is 1. The molecule has 0 unspecified atom stereocenters. The Kier molecular flexibility index (Phi) is 4.20. The lowest BCUT2D eigenvalue weighted by atomic mass is 10.2. The van der Waals surface area contributed by atoms with Gasteiger partial charge in [-0.25, -0.2) is 4.79 Å². The maximum atomic E-state index is 12.0. The minimum atomic E-state index is -0.0131. The first-order chi connectivity index (χ1) is 8.65. The number of carbonyl (C=O) groups is 1. The van der Waals surface area contributed by atoms with Crippen LogP contribution in [0.1, 0.15) is 19.4 Å². The summed E-state index contributed by atoms with van der Waals surface area (Å²) in [6.45, 7) is 5.87. The van der Waals surface area contributed by atoms with Crippen molar-refractivity contribution >= 4 is 6.03 Å². The molecule has 1 aromatic rings. The van der Waals surface area contributed by atoms with Crippen molar-refractivity contribution in [3.05, 3.63) is 35.9 Å². The number of morpholine rings is 1. The number of urea groups is 1. The fourth-order valence-corrected chi connectivity index (χ4v) is 2.23. The number of hydrogen-bond donors (Lipinski definition) is 1. The molecule has 2 rings (SSSR count). The van der Waals surface area contributed by atoms with Crippen LogP contribution < -0.4 is 5.32 Å². The Labute approximate surface area is 108 Å². The standard InChI is InChI=1S/C14H20N2O2/c1-11-9-16(10-12(2)18-11)14(17)15-8-13-6-4-3-5-7-13/h3-7,11-12H,8-10H2,1-2H3,(H,15,17)/t11-,12-/m0/s1. The van der Waals surface area contributed by atoms with Crippen molar-refractivity contribution in [2.75, 3.05) is 13.1 Å². The fraction of sp³-hybridized carbons (Fsp3) is 0.500. The third-order valence-electron chi connectivity index (χ3n) is 2.99. The number of nitrogens with zero attached hydrogens (tertiary/aromatic N) is 1. The van der Waals surface area contributed by atoms with Crippen LogP contribution in [-0.2, 0) is 11.3 Å². The highest BCUT2D eigenvalue weighted by molar-refractivity contribution is 5.74. The molecule has 2 atom stereocenters. The van der Waals surface area contributed by atoms with Crippen molar-refractivity contribution in [3.63, 3.8) is 0 Å². The van der Waals surface area contributed by atoms with Gasteiger partial charge in [0.25, 0.3) is 0 Å². The first-order valence-electron chi connectivity index (χ1n) is 6.37. The minimum absolute atomic E-state index is 0.0131. The van der Waals surface area contributed by atoms with E-state index in [0.29, 0.717) is 19.6 Å². The van der Waals surface area contributed by atoms with Gasteiger partial charge in [-0.05, 0) is 19.4 Å². The van der Waals surface area contributed by atoms with Crippen LogP contribution in [0.2, 0.25) is 0 Å². The van der Waals surface area contributed by atoms with Crippen molar-refractivity contribution in [1.29, 1.82) is 0 Å². The van der Waals surface area contributed by atoms with Crippen LogP contribution >= 0.6 is 0 Å². The predicted octanol–water partition coefficient (Wildman–Crippen LogP) is 2.01. The Hall–Kier alpha value is -1.55. The van der Waals surface area contributed by atoms with Gasteiger partial charge < -0.3 is 15.0 Å². The van der Waals surface area contributed by atoms with Gasteiger partial charge in [0.05, 0.1) is 12.2 Å². The van der Waals surface area contributed by atoms with Gasteiger partial charge in [-0.1, -0.05) is 30.3 Å². The zero-order valence-electron chi connectivity index (χ0n) is 10.9. The summed E-state index contributed by atoms with van der Waals surface area (Å²) in [5, 5.41) is 2.94. The van der Waals surface area contributed by atoms with E-state index in [9.17, 15) is 4.79 Å². The molecule has 0 bridgehead atoms. The van der Waals surface area contributed by atoms with Gasteiger partial charge in [-0.2, -0.15) is 0 Å². The Bertz CT molecular complexity index is 384. The summed E-state index contributed by atoms with van der Waals surface area (Å²) >= 11 is 0. The molecule has 1 aliphatic rings. The van der Waals surface area contributed by atoms with Gasteiger partial charge in [0.1, 0.15) is 0 Å². The average Bonchev–Trinajstić information content (AvgIpc) is 2.36. The summed E-state index contributed by atoms with van der Waals surface area (Å²) in [6.07, 6.45) is 0.215. The molecule has 1 saturated heterocycles. The molecule has 98 valence electrons. The number of amides is 2. The van der Waals surface area contributed by atoms with Crippen LogP contribution in [0.4, 0.5) is 4.79 Å². The second-order valence-electron chi connectivity index (χ2n) is 4.81. The number of hydrogen-bond acceptors (Lipinski definition) is 2. The van der Waals surface area contributed by atoms with Crippen LogP contribution in [0, 0.1) is 0 Å². The second-order valence-corrected chi connectivity index (χ2v) is 4.81. The maximum absolute atomic E-state index is 12.0. The third-order valence-corrected chi connectivity index (χ3v) is 2.99. The van der Waals surface area contributed by atoms with E-state index in [2.05, 4.69) is 5.32 Å². The van der Waals surface area contributed by atoms with Gasteiger partial charge in [0.15, 0.2) is 0 Å². The Balaban J connectivity index is 1.84. The van der Waals surface area contributed by atoms with Crippen molar-refractivity contribution < 1.29 is 9.53 Å². The average molecular weight is 248 g/mol. The van der Waals surface area contributed by atoms with Crippen LogP contribution in [0.25, 0.3) is 0 Å². The van der Waals surface area contributed by atoms with Gasteiger partial charge in [0, 0.05) is 19.6 Å². The molecule has 1 heterocycles. The normalized spacial score (nSPS) is 23.8. The molecule has 0 aliphatic carbocycles. The largest absolute Gasteiger partial charge is 0.372 e. The van der Waals surface area contributed by atoms with Crippen molar-refractivity contribution in [2.24, 2.45) is 0 Å². The van der Waals surface area contributed by atoms with E-state index in [4.69, 9.17) is 4.74 Å². The molecule has 0 aromatic heterocycles. The Morgan fingerprint density at radius 3 is 2.50 bits per heavy atom. The fourth-order valence-electron chi connectivity index (χ4n) is 2.23. The SMILES string of the molecule is C[C@H]1CN(C(=O)NCc2ccccc2)C[C@H](C)O1. The summed E-state index contributed by atoms with van der Waals surface area (Å²) in [7, 11) is 0. The number of benzene rings is 1. The number of nitrogens with one attached hydrogen (secondary N) is 1. The smallest absolute Gasteiger partial charge is 0.317 e. The van der Waals surface area contributed by atoms with Gasteiger partial charge in [0.2, 0.25) is 0 Å². The predicted molar refractivity (Wildman–Crippen MR) is 70.3 cm³/mol. The van der Waals surface area contributed by atoms with Crippen LogP contribution in [0.5, 0.6) is 0 Å². The molecule has 1 aliphatic heterocycles. The molecule has 18 heavy (non-hydrogen) atoms. The zero-order valence-corrected chi connectivity index (χ0v) is 10.9. The van der Waals surface area contributed by atoms with E-state index in [1.165, 1.54) is 0 Å². The van der Waals surface area contributed by atoms with Gasteiger partial charge in [-0.15, -0.1) is 0 Å². The van der Waals surface area contributed by atoms with E-state index in [1.54, 1.807) is 0 Å². The van der Waals surface area contributed by atoms with Gasteiger partial charge in [-0.3, -0.25) is 0 Å². The lowest BCUT2D eigenvalue weighted by molar-refractivity contribution is -0.0545. The van der Waals surface area contributed by atoms with E-state index < -0.39 is 0 Å². The molecule has 0 saturated carbocycles. The van der Waals surface area contributed by atoms with E-state index in [1.807, 2.05) is 49.1 Å². The van der Waals surface area contributed by atoms with Crippen LogP contribution in [0.15, 0.2) is 30.3 Å². The Morgan fingerprint density at radius 2 is 1.89 bits per heavy atom. The van der Waals surface area contributed by atoms with Gasteiger partial charge >= 0.3 is 6.03 Å². The highest BCUT2D eigenvalue weighted by Gasteiger charge is 2.25. The quantitative estimate of drug-likeness (QED) is 0.869. The lowest BCUT2D eigenvalue weighted by Gasteiger charge is -2.35. The van der Waals surface area contributed by atoms with Crippen molar-refractivity contribution in [1.82, 2.24) is 10.2 Å². The molecule has 2 amide bonds. The third kappa shape index (κ3) is 3.47. The molecular weight excluding hydrogens is 228 g/mol. The molecule has 1 aromatic carbocycles. The summed E-state index contributed by atoms with van der Waals surface area (Å²) in [5.41, 5.74) is 1.11. The highest BCUT2D eigenvalue weighted by atomic mass is 16.5. The maximum Gasteiger partial charge on any atom is 0.317 e. The molecular formula is C14H20N2O2. The van der Waals surface area contributed by atoms with Crippen LogP contribution in [0.3, 0.4) is 0 Å². The lowest BCUT2D eigenvalue weighted by Crippen LogP contribution is -2.51. The molecule has 0 spiro atoms. The summed E-state index contributed by atoms with van der Waals surface area (Å²) in [6, 6.07) is 9.91. The number of rotatable bonds is 2. The summed E-state index contributed by atoms with van der Waals surface area (Å²) < 4.78 is 5.61. The molecule has 4 heteroatoms. The summed E-state index contributed by atoms with van der Waals surface area (Å²) in [4.78, 5) is 13.8. The molecule has 1 N–H and O–H groups in total. The van der Waals surface area contributed by atoms with E-state index in [-0.39, 0.29) is 18.2 Å². The molecule has 1 fully saturated rings. The first-order valence-corrected chi connectivity index (χ1v) is 6.37. The summed E-state index contributed by atoms with van der Waals surface area (Å²) in [5.74, 6) is 0. The van der Waals surface area contributed by atoms with E-state index >= 15 is 0 Å². The van der Waals surface area contributed by atoms with E-state index in [0.717, 1.165) is 5.56 Å². The zero-order chi connectivity index (χ0) is 13.0. The van der Waals surface area contributed by atoms with Crippen molar-refractivity contribution in [3.8, 4) is 0 Å².